The molecule has 1 rings (SSSR count). The summed E-state index contributed by atoms with van der Waals surface area (Å²) in [5, 5.41) is 5.26. The normalized spacial score (nSPS) is 9.94. The summed E-state index contributed by atoms with van der Waals surface area (Å²) in [5.74, 6) is 0.0454. The Morgan fingerprint density at radius 1 is 1.38 bits per heavy atom. The highest BCUT2D eigenvalue weighted by atomic mass is 16.4. The molecular formula is C10H15N3O3. The Morgan fingerprint density at radius 2 is 2.00 bits per heavy atom. The average molecular weight is 225 g/mol. The van der Waals surface area contributed by atoms with Crippen LogP contribution in [0.3, 0.4) is 0 Å². The predicted octanol–water partition coefficient (Wildman–Crippen LogP) is 0.0171. The summed E-state index contributed by atoms with van der Waals surface area (Å²) in [6.07, 6.45) is -0.0141. The highest BCUT2D eigenvalue weighted by Crippen LogP contribution is 2.26. The molecule has 16 heavy (non-hydrogen) atoms. The number of furan rings is 1. The van der Waals surface area contributed by atoms with E-state index >= 15 is 0 Å². The van der Waals surface area contributed by atoms with Gasteiger partial charge in [-0.15, -0.1) is 0 Å². The van der Waals surface area contributed by atoms with E-state index in [0.717, 1.165) is 0 Å². The van der Waals surface area contributed by atoms with Gasteiger partial charge < -0.3 is 20.8 Å². The first kappa shape index (κ1) is 12.1. The Balaban J connectivity index is 3.28. The fourth-order valence-corrected chi connectivity index (χ4v) is 1.51. The predicted molar refractivity (Wildman–Crippen MR) is 59.3 cm³/mol. The number of primary amides is 1. The summed E-state index contributed by atoms with van der Waals surface area (Å²) in [7, 11) is 3.15. The largest absolute Gasteiger partial charge is 0.445 e. The number of nitrogens with one attached hydrogen (secondary N) is 2. The van der Waals surface area contributed by atoms with Crippen LogP contribution < -0.4 is 16.4 Å². The second kappa shape index (κ2) is 4.69. The van der Waals surface area contributed by atoms with Crippen LogP contribution in [0.1, 0.15) is 21.7 Å². The Hall–Kier alpha value is -1.98. The van der Waals surface area contributed by atoms with Gasteiger partial charge in [0.1, 0.15) is 11.3 Å². The maximum atomic E-state index is 11.6. The molecule has 0 saturated carbocycles. The highest BCUT2D eigenvalue weighted by molar-refractivity contribution is 6.01. The summed E-state index contributed by atoms with van der Waals surface area (Å²) in [4.78, 5) is 22.6. The molecule has 1 aromatic rings. The number of hydrogen-bond donors (Lipinski definition) is 3. The third-order valence-corrected chi connectivity index (χ3v) is 2.24. The summed E-state index contributed by atoms with van der Waals surface area (Å²) in [6.45, 7) is 1.69. The Bertz CT molecular complexity index is 423. The van der Waals surface area contributed by atoms with Gasteiger partial charge in [0, 0.05) is 19.7 Å². The van der Waals surface area contributed by atoms with Crippen molar-refractivity contribution >= 4 is 17.7 Å². The molecule has 88 valence electrons. The number of aryl methyl sites for hydroxylation is 1. The molecule has 0 aliphatic heterocycles. The van der Waals surface area contributed by atoms with Crippen molar-refractivity contribution < 1.29 is 14.0 Å². The van der Waals surface area contributed by atoms with E-state index in [1.165, 1.54) is 7.05 Å². The maximum absolute atomic E-state index is 11.6. The number of anilines is 1. The summed E-state index contributed by atoms with van der Waals surface area (Å²) >= 11 is 0. The summed E-state index contributed by atoms with van der Waals surface area (Å²) in [6, 6.07) is 0. The highest BCUT2D eigenvalue weighted by Gasteiger charge is 2.23. The van der Waals surface area contributed by atoms with E-state index in [4.69, 9.17) is 10.2 Å². The van der Waals surface area contributed by atoms with Crippen molar-refractivity contribution in [2.45, 2.75) is 13.3 Å². The van der Waals surface area contributed by atoms with E-state index < -0.39 is 5.91 Å². The molecule has 1 aromatic heterocycles. The van der Waals surface area contributed by atoms with Gasteiger partial charge in [0.2, 0.25) is 11.8 Å². The molecule has 4 N–H and O–H groups in total. The van der Waals surface area contributed by atoms with Gasteiger partial charge in [0.15, 0.2) is 0 Å². The van der Waals surface area contributed by atoms with Crippen molar-refractivity contribution in [2.24, 2.45) is 5.73 Å². The number of carbonyl (C=O) groups is 2. The molecular weight excluding hydrogens is 210 g/mol. The lowest BCUT2D eigenvalue weighted by Crippen LogP contribution is -2.22. The molecule has 0 aromatic carbocycles. The van der Waals surface area contributed by atoms with E-state index in [0.29, 0.717) is 22.8 Å². The van der Waals surface area contributed by atoms with Crippen molar-refractivity contribution in [1.29, 1.82) is 0 Å². The molecule has 0 bridgehead atoms. The number of nitrogens with two attached hydrogens (primary N) is 1. The van der Waals surface area contributed by atoms with Crippen molar-refractivity contribution in [2.75, 3.05) is 19.4 Å². The summed E-state index contributed by atoms with van der Waals surface area (Å²) < 4.78 is 5.34. The molecule has 2 amide bonds. The van der Waals surface area contributed by atoms with Crippen LogP contribution in [0.5, 0.6) is 0 Å². The molecule has 0 aliphatic rings. The number of amides is 2. The number of rotatable bonds is 4. The van der Waals surface area contributed by atoms with Gasteiger partial charge in [-0.25, -0.2) is 0 Å². The molecule has 0 atom stereocenters. The Kier molecular flexibility index (Phi) is 3.55. The van der Waals surface area contributed by atoms with Gasteiger partial charge in [-0.2, -0.15) is 0 Å². The zero-order valence-electron chi connectivity index (χ0n) is 9.51. The molecule has 0 radical (unpaired) electrons. The van der Waals surface area contributed by atoms with Crippen LogP contribution in [0.15, 0.2) is 4.42 Å². The minimum atomic E-state index is -0.503. The quantitative estimate of drug-likeness (QED) is 0.672. The van der Waals surface area contributed by atoms with Gasteiger partial charge in [0.25, 0.3) is 5.91 Å². The van der Waals surface area contributed by atoms with E-state index in [1.807, 2.05) is 0 Å². The zero-order chi connectivity index (χ0) is 12.3. The van der Waals surface area contributed by atoms with E-state index in [1.54, 1.807) is 14.0 Å². The smallest absolute Gasteiger partial charge is 0.256 e. The van der Waals surface area contributed by atoms with Gasteiger partial charge in [-0.1, -0.05) is 0 Å². The number of carbonyl (C=O) groups excluding carboxylic acids is 2. The zero-order valence-corrected chi connectivity index (χ0v) is 9.51. The van der Waals surface area contributed by atoms with Crippen molar-refractivity contribution in [3.05, 3.63) is 16.9 Å². The van der Waals surface area contributed by atoms with Gasteiger partial charge in [0.05, 0.1) is 6.42 Å². The fraction of sp³-hybridized carbons (Fsp3) is 0.400. The standard InChI is InChI=1S/C10H15N3O3/c1-5-6(4-7(11)14)8(9(15)12-2)10(13-3)16-5/h13H,4H2,1-3H3,(H2,11,14)(H,12,15). The molecule has 6 heteroatoms. The first-order chi connectivity index (χ1) is 7.51. The van der Waals surface area contributed by atoms with Crippen LogP contribution in [-0.4, -0.2) is 25.9 Å². The van der Waals surface area contributed by atoms with E-state index in [2.05, 4.69) is 10.6 Å². The van der Waals surface area contributed by atoms with Crippen LogP contribution in [0.2, 0.25) is 0 Å². The third-order valence-electron chi connectivity index (χ3n) is 2.24. The lowest BCUT2D eigenvalue weighted by molar-refractivity contribution is -0.117. The first-order valence-corrected chi connectivity index (χ1v) is 4.81. The Morgan fingerprint density at radius 3 is 2.44 bits per heavy atom. The second-order valence-corrected chi connectivity index (χ2v) is 3.31. The minimum absolute atomic E-state index is 0.0141. The van der Waals surface area contributed by atoms with Gasteiger partial charge in [-0.05, 0) is 6.92 Å². The van der Waals surface area contributed by atoms with Crippen LogP contribution >= 0.6 is 0 Å². The molecule has 0 unspecified atom stereocenters. The Labute approximate surface area is 93.2 Å². The lowest BCUT2D eigenvalue weighted by Gasteiger charge is -2.02. The molecule has 0 aliphatic carbocycles. The van der Waals surface area contributed by atoms with Crippen molar-refractivity contribution in [3.63, 3.8) is 0 Å². The third kappa shape index (κ3) is 2.16. The molecule has 0 spiro atoms. The monoisotopic (exact) mass is 225 g/mol. The SMILES string of the molecule is CNC(=O)c1c(NC)oc(C)c1CC(N)=O. The molecule has 6 nitrogen and oxygen atoms in total. The van der Waals surface area contributed by atoms with Crippen LogP contribution in [-0.2, 0) is 11.2 Å². The first-order valence-electron chi connectivity index (χ1n) is 4.81. The minimum Gasteiger partial charge on any atom is -0.445 e. The lowest BCUT2D eigenvalue weighted by atomic mass is 10.1. The van der Waals surface area contributed by atoms with E-state index in [9.17, 15) is 9.59 Å². The van der Waals surface area contributed by atoms with Crippen LogP contribution in [0.25, 0.3) is 0 Å². The fourth-order valence-electron chi connectivity index (χ4n) is 1.51. The van der Waals surface area contributed by atoms with Gasteiger partial charge in [-0.3, -0.25) is 9.59 Å². The second-order valence-electron chi connectivity index (χ2n) is 3.31. The van der Waals surface area contributed by atoms with Gasteiger partial charge >= 0.3 is 0 Å². The van der Waals surface area contributed by atoms with Crippen LogP contribution in [0.4, 0.5) is 5.88 Å². The maximum Gasteiger partial charge on any atom is 0.256 e. The van der Waals surface area contributed by atoms with Crippen molar-refractivity contribution in [3.8, 4) is 0 Å². The van der Waals surface area contributed by atoms with Crippen molar-refractivity contribution in [1.82, 2.24) is 5.32 Å². The van der Waals surface area contributed by atoms with Crippen LogP contribution in [0, 0.1) is 6.92 Å². The topological polar surface area (TPSA) is 97.4 Å². The number of hydrogen-bond acceptors (Lipinski definition) is 4. The molecule has 0 saturated heterocycles. The molecule has 1 heterocycles. The van der Waals surface area contributed by atoms with E-state index in [-0.39, 0.29) is 12.3 Å². The average Bonchev–Trinajstić information content (AvgIpc) is 2.54. The summed E-state index contributed by atoms with van der Waals surface area (Å²) in [5.41, 5.74) is 5.98. The molecule has 0 fully saturated rings.